The van der Waals surface area contributed by atoms with E-state index in [9.17, 15) is 9.59 Å². The number of hydrogen-bond acceptors (Lipinski definition) is 4. The summed E-state index contributed by atoms with van der Waals surface area (Å²) in [6.45, 7) is 4.28. The molecule has 0 bridgehead atoms. The summed E-state index contributed by atoms with van der Waals surface area (Å²) in [7, 11) is 0. The van der Waals surface area contributed by atoms with Gasteiger partial charge in [0.1, 0.15) is 0 Å². The molecule has 1 aliphatic heterocycles. The molecule has 0 aliphatic carbocycles. The number of carbonyl (C=O) groups excluding carboxylic acids is 1. The van der Waals surface area contributed by atoms with Gasteiger partial charge in [0.05, 0.1) is 5.52 Å². The number of aromatic amines is 1. The number of ether oxygens (including phenoxy) is 2. The van der Waals surface area contributed by atoms with E-state index in [4.69, 9.17) is 9.47 Å². The first-order valence-electron chi connectivity index (χ1n) is 8.32. The highest BCUT2D eigenvalue weighted by atomic mass is 16.7. The van der Waals surface area contributed by atoms with Crippen LogP contribution in [0, 0.1) is 13.8 Å². The number of hydrogen-bond donors (Lipinski definition) is 2. The van der Waals surface area contributed by atoms with E-state index in [2.05, 4.69) is 10.3 Å². The first kappa shape index (κ1) is 16.2. The van der Waals surface area contributed by atoms with Crippen molar-refractivity contribution >= 4 is 16.8 Å². The molecule has 26 heavy (non-hydrogen) atoms. The SMILES string of the molecule is Cc1cc(C)c2[nH]c(=O)c(CNC(=O)c3ccc4c(c3)OCO4)cc2c1. The van der Waals surface area contributed by atoms with Gasteiger partial charge in [-0.1, -0.05) is 11.6 Å². The Bertz CT molecular complexity index is 1090. The Morgan fingerprint density at radius 2 is 1.92 bits per heavy atom. The van der Waals surface area contributed by atoms with Crippen LogP contribution in [0.3, 0.4) is 0 Å². The molecule has 6 heteroatoms. The quantitative estimate of drug-likeness (QED) is 0.761. The number of aromatic nitrogens is 1. The third kappa shape index (κ3) is 2.90. The largest absolute Gasteiger partial charge is 0.454 e. The number of rotatable bonds is 3. The highest BCUT2D eigenvalue weighted by Gasteiger charge is 2.16. The maximum atomic E-state index is 12.4. The van der Waals surface area contributed by atoms with Gasteiger partial charge >= 0.3 is 0 Å². The van der Waals surface area contributed by atoms with Crippen LogP contribution in [0.2, 0.25) is 0 Å². The Hall–Kier alpha value is -3.28. The molecule has 4 rings (SSSR count). The summed E-state index contributed by atoms with van der Waals surface area (Å²) in [5.41, 5.74) is 3.74. The Morgan fingerprint density at radius 3 is 2.77 bits per heavy atom. The lowest BCUT2D eigenvalue weighted by Crippen LogP contribution is -2.26. The van der Waals surface area contributed by atoms with Gasteiger partial charge in [-0.25, -0.2) is 0 Å². The van der Waals surface area contributed by atoms with Crippen molar-refractivity contribution in [3.63, 3.8) is 0 Å². The number of H-pyrrole nitrogens is 1. The van der Waals surface area contributed by atoms with Crippen molar-refractivity contribution in [2.24, 2.45) is 0 Å². The molecule has 0 saturated heterocycles. The van der Waals surface area contributed by atoms with E-state index in [-0.39, 0.29) is 24.8 Å². The van der Waals surface area contributed by atoms with Gasteiger partial charge < -0.3 is 19.8 Å². The summed E-state index contributed by atoms with van der Waals surface area (Å²) in [6.07, 6.45) is 0. The first-order chi connectivity index (χ1) is 12.5. The average molecular weight is 350 g/mol. The van der Waals surface area contributed by atoms with Crippen LogP contribution in [0.25, 0.3) is 10.9 Å². The predicted octanol–water partition coefficient (Wildman–Crippen LogP) is 2.80. The molecule has 0 fully saturated rings. The van der Waals surface area contributed by atoms with Gasteiger partial charge in [0.25, 0.3) is 11.5 Å². The van der Waals surface area contributed by atoms with Crippen molar-refractivity contribution < 1.29 is 14.3 Å². The van der Waals surface area contributed by atoms with Gasteiger partial charge in [-0.15, -0.1) is 0 Å². The minimum Gasteiger partial charge on any atom is -0.454 e. The third-order valence-corrected chi connectivity index (χ3v) is 4.44. The highest BCUT2D eigenvalue weighted by Crippen LogP contribution is 2.32. The molecule has 6 nitrogen and oxygen atoms in total. The van der Waals surface area contributed by atoms with Crippen LogP contribution in [-0.4, -0.2) is 17.7 Å². The number of pyridine rings is 1. The summed E-state index contributed by atoms with van der Waals surface area (Å²) in [5.74, 6) is 0.897. The second-order valence-corrected chi connectivity index (χ2v) is 6.42. The van der Waals surface area contributed by atoms with Crippen molar-refractivity contribution in [1.82, 2.24) is 10.3 Å². The van der Waals surface area contributed by atoms with Crippen LogP contribution in [0.1, 0.15) is 27.0 Å². The van der Waals surface area contributed by atoms with Crippen molar-refractivity contribution in [3.05, 3.63) is 69.0 Å². The van der Waals surface area contributed by atoms with Crippen molar-refractivity contribution in [2.45, 2.75) is 20.4 Å². The lowest BCUT2D eigenvalue weighted by Gasteiger charge is -2.09. The number of aryl methyl sites for hydroxylation is 2. The van der Waals surface area contributed by atoms with Crippen LogP contribution < -0.4 is 20.3 Å². The fraction of sp³-hybridized carbons (Fsp3) is 0.200. The zero-order valence-electron chi connectivity index (χ0n) is 14.5. The summed E-state index contributed by atoms with van der Waals surface area (Å²) < 4.78 is 10.5. The number of nitrogens with one attached hydrogen (secondary N) is 2. The highest BCUT2D eigenvalue weighted by molar-refractivity contribution is 5.95. The molecule has 2 heterocycles. The van der Waals surface area contributed by atoms with Crippen LogP contribution in [0.15, 0.2) is 41.2 Å². The van der Waals surface area contributed by atoms with E-state index in [0.29, 0.717) is 22.6 Å². The predicted molar refractivity (Wildman–Crippen MR) is 97.8 cm³/mol. The minimum absolute atomic E-state index is 0.144. The normalized spacial score (nSPS) is 12.4. The number of fused-ring (bicyclic) bond motifs is 2. The molecule has 0 atom stereocenters. The molecule has 3 aromatic rings. The maximum absolute atomic E-state index is 12.4. The van der Waals surface area contributed by atoms with E-state index < -0.39 is 0 Å². The first-order valence-corrected chi connectivity index (χ1v) is 8.32. The zero-order valence-corrected chi connectivity index (χ0v) is 14.5. The van der Waals surface area contributed by atoms with Crippen molar-refractivity contribution in [1.29, 1.82) is 0 Å². The van der Waals surface area contributed by atoms with Crippen molar-refractivity contribution in [3.8, 4) is 11.5 Å². The molecule has 1 aliphatic rings. The van der Waals surface area contributed by atoms with E-state index >= 15 is 0 Å². The fourth-order valence-corrected chi connectivity index (χ4v) is 3.18. The van der Waals surface area contributed by atoms with Gasteiger partial charge in [-0.3, -0.25) is 9.59 Å². The minimum atomic E-state index is -0.275. The smallest absolute Gasteiger partial charge is 0.253 e. The van der Waals surface area contributed by atoms with E-state index in [0.717, 1.165) is 22.0 Å². The lowest BCUT2D eigenvalue weighted by molar-refractivity contribution is 0.0950. The summed E-state index contributed by atoms with van der Waals surface area (Å²) in [4.78, 5) is 27.6. The van der Waals surface area contributed by atoms with Crippen molar-refractivity contribution in [2.75, 3.05) is 6.79 Å². The molecular formula is C20H18N2O4. The Morgan fingerprint density at radius 1 is 1.12 bits per heavy atom. The molecule has 0 saturated carbocycles. The average Bonchev–Trinajstić information content (AvgIpc) is 3.08. The van der Waals surface area contributed by atoms with E-state index in [1.54, 1.807) is 18.2 Å². The van der Waals surface area contributed by atoms with Crippen LogP contribution in [0.4, 0.5) is 0 Å². The molecule has 1 aromatic heterocycles. The molecule has 0 unspecified atom stereocenters. The van der Waals surface area contributed by atoms with Gasteiger partial charge in [-0.2, -0.15) is 0 Å². The Balaban J connectivity index is 1.56. The lowest BCUT2D eigenvalue weighted by atomic mass is 10.1. The van der Waals surface area contributed by atoms with Gasteiger partial charge in [0.15, 0.2) is 11.5 Å². The number of benzene rings is 2. The van der Waals surface area contributed by atoms with Gasteiger partial charge in [0, 0.05) is 17.7 Å². The standard InChI is InChI=1S/C20H18N2O4/c1-11-5-12(2)18-14(6-11)7-15(20(24)22-18)9-21-19(23)13-3-4-16-17(8-13)26-10-25-16/h3-8H,9-10H2,1-2H3,(H,21,23)(H,22,24). The molecule has 1 amide bonds. The number of amides is 1. The number of carbonyl (C=O) groups is 1. The van der Waals surface area contributed by atoms with Gasteiger partial charge in [-0.05, 0) is 55.1 Å². The molecule has 2 N–H and O–H groups in total. The topological polar surface area (TPSA) is 80.4 Å². The Kier molecular flexibility index (Phi) is 3.88. The molecule has 0 spiro atoms. The second kappa shape index (κ2) is 6.22. The van der Waals surface area contributed by atoms with Crippen LogP contribution >= 0.6 is 0 Å². The maximum Gasteiger partial charge on any atom is 0.253 e. The fourth-order valence-electron chi connectivity index (χ4n) is 3.18. The monoisotopic (exact) mass is 350 g/mol. The van der Waals surface area contributed by atoms with E-state index in [1.807, 2.05) is 32.0 Å². The zero-order chi connectivity index (χ0) is 18.3. The summed E-state index contributed by atoms with van der Waals surface area (Å²) >= 11 is 0. The molecule has 132 valence electrons. The molecule has 2 aromatic carbocycles. The van der Waals surface area contributed by atoms with Crippen LogP contribution in [0.5, 0.6) is 11.5 Å². The summed E-state index contributed by atoms with van der Waals surface area (Å²) in [6, 6.07) is 10.9. The van der Waals surface area contributed by atoms with E-state index in [1.165, 1.54) is 0 Å². The third-order valence-electron chi connectivity index (χ3n) is 4.44. The van der Waals surface area contributed by atoms with Gasteiger partial charge in [0.2, 0.25) is 6.79 Å². The van der Waals surface area contributed by atoms with Crippen LogP contribution in [-0.2, 0) is 6.54 Å². The molecule has 0 radical (unpaired) electrons. The summed E-state index contributed by atoms with van der Waals surface area (Å²) in [5, 5.41) is 3.74. The molecular weight excluding hydrogens is 332 g/mol. The Labute approximate surface area is 149 Å². The second-order valence-electron chi connectivity index (χ2n) is 6.42.